The smallest absolute Gasteiger partial charge is 0.307 e. The second kappa shape index (κ2) is 5.21. The van der Waals surface area contributed by atoms with Crippen molar-refractivity contribution in [2.24, 2.45) is 11.8 Å². The van der Waals surface area contributed by atoms with Crippen molar-refractivity contribution in [3.05, 3.63) is 29.8 Å². The van der Waals surface area contributed by atoms with Crippen LogP contribution in [0.5, 0.6) is 0 Å². The Morgan fingerprint density at radius 1 is 1.28 bits per heavy atom. The van der Waals surface area contributed by atoms with Gasteiger partial charge < -0.3 is 10.4 Å². The van der Waals surface area contributed by atoms with Crippen molar-refractivity contribution in [1.82, 2.24) is 0 Å². The van der Waals surface area contributed by atoms with Gasteiger partial charge >= 0.3 is 5.97 Å². The highest BCUT2D eigenvalue weighted by molar-refractivity contribution is 5.96. The Hall–Kier alpha value is -1.84. The van der Waals surface area contributed by atoms with E-state index in [9.17, 15) is 9.59 Å². The minimum atomic E-state index is -0.870. The van der Waals surface area contributed by atoms with Gasteiger partial charge in [0.05, 0.1) is 11.8 Å². The number of rotatable bonds is 4. The summed E-state index contributed by atoms with van der Waals surface area (Å²) in [6.45, 7) is 2.02. The second-order valence-electron chi connectivity index (χ2n) is 4.63. The number of aryl methyl sites for hydroxylation is 1. The van der Waals surface area contributed by atoms with Crippen LogP contribution in [-0.4, -0.2) is 17.0 Å². The molecule has 1 aliphatic rings. The maximum Gasteiger partial charge on any atom is 0.307 e. The SMILES string of the molecule is CCc1ccccc1NC(=O)C1CCC1C(=O)O. The van der Waals surface area contributed by atoms with E-state index in [1.165, 1.54) is 0 Å². The Morgan fingerprint density at radius 3 is 2.50 bits per heavy atom. The molecule has 2 N–H and O–H groups in total. The Bertz CT molecular complexity index is 470. The average molecular weight is 247 g/mol. The van der Waals surface area contributed by atoms with Crippen LogP contribution in [0, 0.1) is 11.8 Å². The van der Waals surface area contributed by atoms with E-state index < -0.39 is 11.9 Å². The zero-order chi connectivity index (χ0) is 13.1. The van der Waals surface area contributed by atoms with Gasteiger partial charge in [-0.25, -0.2) is 0 Å². The van der Waals surface area contributed by atoms with Gasteiger partial charge in [0.15, 0.2) is 0 Å². The molecule has 96 valence electrons. The minimum Gasteiger partial charge on any atom is -0.481 e. The fraction of sp³-hybridized carbons (Fsp3) is 0.429. The van der Waals surface area contributed by atoms with Crippen molar-refractivity contribution in [1.29, 1.82) is 0 Å². The second-order valence-corrected chi connectivity index (χ2v) is 4.63. The summed E-state index contributed by atoms with van der Waals surface area (Å²) in [5.41, 5.74) is 1.86. The van der Waals surface area contributed by atoms with E-state index in [4.69, 9.17) is 5.11 Å². The Labute approximate surface area is 106 Å². The third-order valence-corrected chi connectivity index (χ3v) is 3.58. The number of nitrogens with one attached hydrogen (secondary N) is 1. The number of aliphatic carboxylic acids is 1. The summed E-state index contributed by atoms with van der Waals surface area (Å²) in [4.78, 5) is 22.9. The summed E-state index contributed by atoms with van der Waals surface area (Å²) in [7, 11) is 0. The lowest BCUT2D eigenvalue weighted by Crippen LogP contribution is -2.41. The summed E-state index contributed by atoms with van der Waals surface area (Å²) in [6, 6.07) is 7.61. The topological polar surface area (TPSA) is 66.4 Å². The number of hydrogen-bond acceptors (Lipinski definition) is 2. The van der Waals surface area contributed by atoms with Crippen LogP contribution in [0.25, 0.3) is 0 Å². The highest BCUT2D eigenvalue weighted by Gasteiger charge is 2.41. The molecule has 1 saturated carbocycles. The van der Waals surface area contributed by atoms with Crippen LogP contribution >= 0.6 is 0 Å². The monoisotopic (exact) mass is 247 g/mol. The molecule has 0 radical (unpaired) electrons. The molecule has 1 fully saturated rings. The molecule has 0 spiro atoms. The lowest BCUT2D eigenvalue weighted by atomic mass is 9.73. The Balaban J connectivity index is 2.05. The molecule has 2 unspecified atom stereocenters. The van der Waals surface area contributed by atoms with E-state index in [0.717, 1.165) is 17.7 Å². The normalized spacial score (nSPS) is 22.1. The van der Waals surface area contributed by atoms with E-state index in [1.807, 2.05) is 31.2 Å². The highest BCUT2D eigenvalue weighted by atomic mass is 16.4. The average Bonchev–Trinajstić information content (AvgIpc) is 2.27. The number of para-hydroxylation sites is 1. The number of anilines is 1. The van der Waals surface area contributed by atoms with Crippen molar-refractivity contribution in [3.63, 3.8) is 0 Å². The fourth-order valence-electron chi connectivity index (χ4n) is 2.29. The summed E-state index contributed by atoms with van der Waals surface area (Å²) in [5, 5.41) is 11.8. The largest absolute Gasteiger partial charge is 0.481 e. The van der Waals surface area contributed by atoms with Gasteiger partial charge in [-0.05, 0) is 30.9 Å². The van der Waals surface area contributed by atoms with Crippen LogP contribution in [0.1, 0.15) is 25.3 Å². The van der Waals surface area contributed by atoms with Crippen LogP contribution in [0.4, 0.5) is 5.69 Å². The molecule has 0 heterocycles. The van der Waals surface area contributed by atoms with Crippen molar-refractivity contribution in [2.75, 3.05) is 5.32 Å². The van der Waals surface area contributed by atoms with Crippen LogP contribution in [0.3, 0.4) is 0 Å². The first-order chi connectivity index (χ1) is 8.63. The van der Waals surface area contributed by atoms with E-state index >= 15 is 0 Å². The van der Waals surface area contributed by atoms with Crippen LogP contribution in [-0.2, 0) is 16.0 Å². The standard InChI is InChI=1S/C14H17NO3/c1-2-9-5-3-4-6-12(9)15-13(16)10-7-8-11(10)14(17)18/h3-6,10-11H,2,7-8H2,1H3,(H,15,16)(H,17,18). The van der Waals surface area contributed by atoms with Crippen molar-refractivity contribution < 1.29 is 14.7 Å². The van der Waals surface area contributed by atoms with E-state index in [1.54, 1.807) is 0 Å². The molecule has 1 aliphatic carbocycles. The molecule has 0 saturated heterocycles. The predicted octanol–water partition coefficient (Wildman–Crippen LogP) is 2.30. The van der Waals surface area contributed by atoms with Crippen LogP contribution in [0.15, 0.2) is 24.3 Å². The van der Waals surface area contributed by atoms with Gasteiger partial charge in [-0.3, -0.25) is 9.59 Å². The Kier molecular flexibility index (Phi) is 3.65. The maximum absolute atomic E-state index is 12.0. The fourth-order valence-corrected chi connectivity index (χ4v) is 2.29. The summed E-state index contributed by atoms with van der Waals surface area (Å²) < 4.78 is 0. The van der Waals surface area contributed by atoms with E-state index in [0.29, 0.717) is 12.8 Å². The van der Waals surface area contributed by atoms with Crippen molar-refractivity contribution >= 4 is 17.6 Å². The summed E-state index contributed by atoms with van der Waals surface area (Å²) in [6.07, 6.45) is 2.10. The van der Waals surface area contributed by atoms with Crippen LogP contribution in [0.2, 0.25) is 0 Å². The lowest BCUT2D eigenvalue weighted by molar-refractivity contribution is -0.151. The number of hydrogen-bond donors (Lipinski definition) is 2. The zero-order valence-corrected chi connectivity index (χ0v) is 10.3. The lowest BCUT2D eigenvalue weighted by Gasteiger charge is -2.32. The summed E-state index contributed by atoms with van der Waals surface area (Å²) in [5.74, 6) is -1.94. The number of benzene rings is 1. The maximum atomic E-state index is 12.0. The van der Waals surface area contributed by atoms with Gasteiger partial charge in [0.2, 0.25) is 5.91 Å². The van der Waals surface area contributed by atoms with Gasteiger partial charge in [-0.1, -0.05) is 25.1 Å². The molecule has 0 aliphatic heterocycles. The molecule has 4 heteroatoms. The molecule has 18 heavy (non-hydrogen) atoms. The number of carbonyl (C=O) groups is 2. The molecule has 1 aromatic carbocycles. The zero-order valence-electron chi connectivity index (χ0n) is 10.3. The van der Waals surface area contributed by atoms with E-state index in [-0.39, 0.29) is 11.8 Å². The molecule has 1 amide bonds. The molecule has 2 atom stereocenters. The number of amides is 1. The quantitative estimate of drug-likeness (QED) is 0.858. The van der Waals surface area contributed by atoms with E-state index in [2.05, 4.69) is 5.32 Å². The van der Waals surface area contributed by atoms with Crippen molar-refractivity contribution in [3.8, 4) is 0 Å². The van der Waals surface area contributed by atoms with Gasteiger partial charge in [0.1, 0.15) is 0 Å². The molecular weight excluding hydrogens is 230 g/mol. The number of carbonyl (C=O) groups excluding carboxylic acids is 1. The third-order valence-electron chi connectivity index (χ3n) is 3.58. The van der Waals surface area contributed by atoms with Crippen molar-refractivity contribution in [2.45, 2.75) is 26.2 Å². The summed E-state index contributed by atoms with van der Waals surface area (Å²) >= 11 is 0. The molecular formula is C14H17NO3. The van der Waals surface area contributed by atoms with Crippen LogP contribution < -0.4 is 5.32 Å². The number of carboxylic acid groups (broad SMARTS) is 1. The minimum absolute atomic E-state index is 0.172. The molecule has 2 rings (SSSR count). The van der Waals surface area contributed by atoms with Gasteiger partial charge in [0.25, 0.3) is 0 Å². The first-order valence-electron chi connectivity index (χ1n) is 6.25. The highest BCUT2D eigenvalue weighted by Crippen LogP contribution is 2.35. The van der Waals surface area contributed by atoms with Gasteiger partial charge in [-0.15, -0.1) is 0 Å². The molecule has 0 bridgehead atoms. The van der Waals surface area contributed by atoms with Gasteiger partial charge in [0, 0.05) is 5.69 Å². The first kappa shape index (κ1) is 12.6. The molecule has 1 aromatic rings. The molecule has 4 nitrogen and oxygen atoms in total. The first-order valence-corrected chi connectivity index (χ1v) is 6.25. The molecule has 0 aromatic heterocycles. The predicted molar refractivity (Wildman–Crippen MR) is 68.3 cm³/mol. The number of carboxylic acids is 1. The third kappa shape index (κ3) is 2.37. The Morgan fingerprint density at radius 2 is 1.94 bits per heavy atom. The van der Waals surface area contributed by atoms with Gasteiger partial charge in [-0.2, -0.15) is 0 Å².